The highest BCUT2D eigenvalue weighted by Gasteiger charge is 2.11. The summed E-state index contributed by atoms with van der Waals surface area (Å²) in [5.41, 5.74) is 0.825. The van der Waals surface area contributed by atoms with E-state index in [-0.39, 0.29) is 5.82 Å². The Balaban J connectivity index is 1.91. The highest BCUT2D eigenvalue weighted by molar-refractivity contribution is 7.99. The molecule has 0 amide bonds. The number of halogens is 3. The Hall–Kier alpha value is -0.740. The van der Waals surface area contributed by atoms with Gasteiger partial charge in [0.25, 0.3) is 0 Å². The molecule has 20 heavy (non-hydrogen) atoms. The van der Waals surface area contributed by atoms with Gasteiger partial charge in [-0.15, -0.1) is 11.8 Å². The number of benzene rings is 2. The van der Waals surface area contributed by atoms with Crippen molar-refractivity contribution in [3.63, 3.8) is 0 Å². The van der Waals surface area contributed by atoms with Gasteiger partial charge in [-0.25, -0.2) is 4.39 Å². The van der Waals surface area contributed by atoms with Gasteiger partial charge in [0.15, 0.2) is 0 Å². The lowest BCUT2D eigenvalue weighted by Gasteiger charge is -2.12. The Morgan fingerprint density at radius 3 is 2.50 bits per heavy atom. The first kappa shape index (κ1) is 15.6. The van der Waals surface area contributed by atoms with Crippen LogP contribution in [0.25, 0.3) is 0 Å². The molecule has 2 rings (SSSR count). The lowest BCUT2D eigenvalue weighted by molar-refractivity contribution is 0.200. The summed E-state index contributed by atoms with van der Waals surface area (Å²) in [5.74, 6) is 0.245. The van der Waals surface area contributed by atoms with E-state index in [0.29, 0.717) is 22.2 Å². The predicted molar refractivity (Wildman–Crippen MR) is 83.3 cm³/mol. The van der Waals surface area contributed by atoms with E-state index < -0.39 is 6.10 Å². The van der Waals surface area contributed by atoms with Crippen LogP contribution in [0.4, 0.5) is 4.39 Å². The maximum atomic E-state index is 12.8. The molecular formula is C15H13Cl2FOS. The van der Waals surface area contributed by atoms with Gasteiger partial charge in [-0.3, -0.25) is 0 Å². The molecule has 2 aromatic rings. The minimum atomic E-state index is -0.541. The van der Waals surface area contributed by atoms with Crippen molar-refractivity contribution in [1.29, 1.82) is 0 Å². The van der Waals surface area contributed by atoms with Crippen molar-refractivity contribution in [2.45, 2.75) is 17.4 Å². The molecular weight excluding hydrogens is 318 g/mol. The van der Waals surface area contributed by atoms with Gasteiger partial charge in [0.05, 0.1) is 16.1 Å². The Morgan fingerprint density at radius 1 is 1.10 bits per heavy atom. The second-order valence-electron chi connectivity index (χ2n) is 4.34. The summed E-state index contributed by atoms with van der Waals surface area (Å²) in [6, 6.07) is 11.6. The van der Waals surface area contributed by atoms with E-state index in [0.717, 1.165) is 10.5 Å². The molecule has 1 atom stereocenters. The smallest absolute Gasteiger partial charge is 0.123 e. The summed E-state index contributed by atoms with van der Waals surface area (Å²) >= 11 is 13.5. The predicted octanol–water partition coefficient (Wildman–Crippen LogP) is 4.83. The highest BCUT2D eigenvalue weighted by atomic mass is 35.5. The van der Waals surface area contributed by atoms with E-state index in [1.54, 1.807) is 18.2 Å². The molecule has 0 spiro atoms. The van der Waals surface area contributed by atoms with E-state index in [4.69, 9.17) is 23.2 Å². The monoisotopic (exact) mass is 330 g/mol. The zero-order valence-corrected chi connectivity index (χ0v) is 12.9. The molecule has 5 heteroatoms. The van der Waals surface area contributed by atoms with Gasteiger partial charge in [-0.1, -0.05) is 35.3 Å². The third kappa shape index (κ3) is 4.38. The highest BCUT2D eigenvalue weighted by Crippen LogP contribution is 2.27. The molecule has 1 N–H and O–H groups in total. The largest absolute Gasteiger partial charge is 0.392 e. The first-order valence-corrected chi connectivity index (χ1v) is 7.79. The summed E-state index contributed by atoms with van der Waals surface area (Å²) in [5, 5.41) is 11.0. The van der Waals surface area contributed by atoms with Crippen LogP contribution in [0.1, 0.15) is 5.56 Å². The van der Waals surface area contributed by atoms with Crippen LogP contribution >= 0.6 is 35.0 Å². The fourth-order valence-corrected chi connectivity index (χ4v) is 2.97. The average molecular weight is 331 g/mol. The third-order valence-electron chi connectivity index (χ3n) is 2.74. The van der Waals surface area contributed by atoms with E-state index in [1.807, 2.05) is 12.1 Å². The molecule has 0 aromatic heterocycles. The third-order valence-corrected chi connectivity index (χ3v) is 4.76. The average Bonchev–Trinajstić information content (AvgIpc) is 2.43. The van der Waals surface area contributed by atoms with Crippen LogP contribution in [0.15, 0.2) is 47.4 Å². The Morgan fingerprint density at radius 2 is 1.80 bits per heavy atom. The maximum Gasteiger partial charge on any atom is 0.123 e. The minimum absolute atomic E-state index is 0.263. The van der Waals surface area contributed by atoms with Gasteiger partial charge in [-0.2, -0.15) is 0 Å². The topological polar surface area (TPSA) is 20.2 Å². The summed E-state index contributed by atoms with van der Waals surface area (Å²) in [6.45, 7) is 0. The molecule has 0 saturated heterocycles. The van der Waals surface area contributed by atoms with E-state index in [2.05, 4.69) is 0 Å². The Bertz CT molecular complexity index is 575. The number of thioether (sulfide) groups is 1. The van der Waals surface area contributed by atoms with E-state index in [1.165, 1.54) is 23.9 Å². The molecule has 0 radical (unpaired) electrons. The van der Waals surface area contributed by atoms with Crippen LogP contribution in [-0.4, -0.2) is 17.0 Å². The molecule has 0 bridgehead atoms. The van der Waals surface area contributed by atoms with Gasteiger partial charge in [0.1, 0.15) is 5.82 Å². The summed E-state index contributed by atoms with van der Waals surface area (Å²) in [4.78, 5) is 0.919. The Labute approximate surface area is 131 Å². The van der Waals surface area contributed by atoms with Crippen LogP contribution in [0.5, 0.6) is 0 Å². The van der Waals surface area contributed by atoms with Gasteiger partial charge in [0, 0.05) is 17.1 Å². The SMILES string of the molecule is OC(CSc1ccc(F)cc1)Cc1cccc(Cl)c1Cl. The first-order valence-electron chi connectivity index (χ1n) is 6.05. The van der Waals surface area contributed by atoms with Crippen molar-refractivity contribution >= 4 is 35.0 Å². The number of aliphatic hydroxyl groups is 1. The number of hydrogen-bond acceptors (Lipinski definition) is 2. The van der Waals surface area contributed by atoms with Crippen LogP contribution in [0.3, 0.4) is 0 Å². The fourth-order valence-electron chi connectivity index (χ4n) is 1.74. The standard InChI is InChI=1S/C15H13Cl2FOS/c16-14-3-1-2-10(15(14)17)8-12(19)9-20-13-6-4-11(18)5-7-13/h1-7,12,19H,8-9H2. The molecule has 1 unspecified atom stereocenters. The van der Waals surface area contributed by atoms with Crippen LogP contribution in [-0.2, 0) is 6.42 Å². The molecule has 0 aliphatic rings. The molecule has 0 heterocycles. The molecule has 0 aliphatic heterocycles. The molecule has 106 valence electrons. The second-order valence-corrected chi connectivity index (χ2v) is 6.21. The Kier molecular flexibility index (Phi) is 5.73. The van der Waals surface area contributed by atoms with Crippen molar-refractivity contribution in [2.75, 3.05) is 5.75 Å². The van der Waals surface area contributed by atoms with Crippen molar-refractivity contribution in [3.8, 4) is 0 Å². The summed E-state index contributed by atoms with van der Waals surface area (Å²) < 4.78 is 12.8. The van der Waals surface area contributed by atoms with Crippen molar-refractivity contribution in [3.05, 3.63) is 63.9 Å². The van der Waals surface area contributed by atoms with E-state index in [9.17, 15) is 9.50 Å². The molecule has 1 nitrogen and oxygen atoms in total. The van der Waals surface area contributed by atoms with Gasteiger partial charge in [-0.05, 0) is 35.9 Å². The van der Waals surface area contributed by atoms with Crippen LogP contribution in [0.2, 0.25) is 10.0 Å². The van der Waals surface area contributed by atoms with Gasteiger partial charge < -0.3 is 5.11 Å². The minimum Gasteiger partial charge on any atom is -0.392 e. The van der Waals surface area contributed by atoms with Crippen LogP contribution < -0.4 is 0 Å². The number of hydrogen-bond donors (Lipinski definition) is 1. The lowest BCUT2D eigenvalue weighted by Crippen LogP contribution is -2.13. The summed E-state index contributed by atoms with van der Waals surface area (Å²) in [6.07, 6.45) is -0.103. The molecule has 2 aromatic carbocycles. The summed E-state index contributed by atoms with van der Waals surface area (Å²) in [7, 11) is 0. The van der Waals surface area contributed by atoms with E-state index >= 15 is 0 Å². The first-order chi connectivity index (χ1) is 9.56. The maximum absolute atomic E-state index is 12.8. The lowest BCUT2D eigenvalue weighted by atomic mass is 10.1. The molecule has 0 aliphatic carbocycles. The fraction of sp³-hybridized carbons (Fsp3) is 0.200. The normalized spacial score (nSPS) is 12.4. The molecule has 0 fully saturated rings. The zero-order chi connectivity index (χ0) is 14.5. The molecule has 0 saturated carbocycles. The second kappa shape index (κ2) is 7.32. The van der Waals surface area contributed by atoms with Crippen LogP contribution in [0, 0.1) is 5.82 Å². The number of aliphatic hydroxyl groups excluding tert-OH is 1. The number of rotatable bonds is 5. The van der Waals surface area contributed by atoms with Crippen molar-refractivity contribution in [2.24, 2.45) is 0 Å². The van der Waals surface area contributed by atoms with Crippen molar-refractivity contribution in [1.82, 2.24) is 0 Å². The zero-order valence-electron chi connectivity index (χ0n) is 10.5. The quantitative estimate of drug-likeness (QED) is 0.792. The van der Waals surface area contributed by atoms with Gasteiger partial charge in [0.2, 0.25) is 0 Å². The van der Waals surface area contributed by atoms with Gasteiger partial charge >= 0.3 is 0 Å². The van der Waals surface area contributed by atoms with Crippen molar-refractivity contribution < 1.29 is 9.50 Å².